The molecule has 180 valence electrons. The van der Waals surface area contributed by atoms with Gasteiger partial charge in [0.05, 0.1) is 29.6 Å². The van der Waals surface area contributed by atoms with Crippen molar-refractivity contribution in [3.63, 3.8) is 0 Å². The van der Waals surface area contributed by atoms with Crippen molar-refractivity contribution in [1.29, 1.82) is 0 Å². The third-order valence-electron chi connectivity index (χ3n) is 4.95. The van der Waals surface area contributed by atoms with Gasteiger partial charge in [-0.3, -0.25) is 9.59 Å². The van der Waals surface area contributed by atoms with Gasteiger partial charge < -0.3 is 25.4 Å². The monoisotopic (exact) mass is 475 g/mol. The van der Waals surface area contributed by atoms with Gasteiger partial charge in [-0.15, -0.1) is 0 Å². The fraction of sp³-hybridized carbons (Fsp3) is 0.154. The molecular formula is C26H25N3O6. The molecule has 0 fully saturated rings. The summed E-state index contributed by atoms with van der Waals surface area (Å²) >= 11 is 0. The van der Waals surface area contributed by atoms with Crippen molar-refractivity contribution in [2.45, 2.75) is 19.6 Å². The molecule has 0 aliphatic rings. The van der Waals surface area contributed by atoms with E-state index in [1.54, 1.807) is 36.4 Å². The number of esters is 1. The Morgan fingerprint density at radius 3 is 2.00 bits per heavy atom. The van der Waals surface area contributed by atoms with E-state index in [1.165, 1.54) is 26.2 Å². The fourth-order valence-electron chi connectivity index (χ4n) is 3.11. The summed E-state index contributed by atoms with van der Waals surface area (Å²) in [6.45, 7) is 1.56. The summed E-state index contributed by atoms with van der Waals surface area (Å²) in [6.07, 6.45) is -0.748. The molecule has 0 radical (unpaired) electrons. The second-order valence-electron chi connectivity index (χ2n) is 7.45. The molecule has 35 heavy (non-hydrogen) atoms. The van der Waals surface area contributed by atoms with Crippen LogP contribution in [0.3, 0.4) is 0 Å². The van der Waals surface area contributed by atoms with E-state index in [2.05, 4.69) is 16.0 Å². The molecule has 0 unspecified atom stereocenters. The van der Waals surface area contributed by atoms with Crippen molar-refractivity contribution in [2.24, 2.45) is 0 Å². The lowest BCUT2D eigenvalue weighted by atomic mass is 10.1. The summed E-state index contributed by atoms with van der Waals surface area (Å²) in [5, 5.41) is 7.77. The van der Waals surface area contributed by atoms with Crippen LogP contribution in [0.25, 0.3) is 0 Å². The minimum atomic E-state index is -0.936. The van der Waals surface area contributed by atoms with Gasteiger partial charge in [0, 0.05) is 0 Å². The molecular weight excluding hydrogens is 450 g/mol. The number of amides is 3. The third kappa shape index (κ3) is 6.91. The zero-order valence-corrected chi connectivity index (χ0v) is 19.2. The predicted octanol–water partition coefficient (Wildman–Crippen LogP) is 3.98. The molecule has 0 aliphatic heterocycles. The molecule has 3 amide bonds. The molecule has 3 aromatic carbocycles. The van der Waals surface area contributed by atoms with Crippen molar-refractivity contribution in [3.05, 3.63) is 95.6 Å². The quantitative estimate of drug-likeness (QED) is 0.424. The Bertz CT molecular complexity index is 1210. The molecule has 0 heterocycles. The molecule has 9 nitrogen and oxygen atoms in total. The highest BCUT2D eigenvalue weighted by molar-refractivity contribution is 6.12. The van der Waals surface area contributed by atoms with E-state index in [0.29, 0.717) is 0 Å². The number of benzene rings is 3. The van der Waals surface area contributed by atoms with Crippen molar-refractivity contribution in [3.8, 4) is 0 Å². The maximum absolute atomic E-state index is 12.9. The zero-order valence-electron chi connectivity index (χ0n) is 19.2. The smallest absolute Gasteiger partial charge is 0.408 e. The molecule has 0 spiro atoms. The first-order chi connectivity index (χ1) is 16.9. The van der Waals surface area contributed by atoms with Gasteiger partial charge in [-0.1, -0.05) is 54.6 Å². The Balaban J connectivity index is 1.63. The highest BCUT2D eigenvalue weighted by Crippen LogP contribution is 2.21. The van der Waals surface area contributed by atoms with E-state index < -0.39 is 29.9 Å². The first kappa shape index (κ1) is 25.0. The molecule has 0 bridgehead atoms. The maximum atomic E-state index is 12.9. The van der Waals surface area contributed by atoms with Crippen LogP contribution in [0.5, 0.6) is 0 Å². The first-order valence-corrected chi connectivity index (χ1v) is 10.7. The highest BCUT2D eigenvalue weighted by Gasteiger charge is 2.20. The number of methoxy groups -OCH3 is 1. The number of nitrogens with one attached hydrogen (secondary N) is 3. The second-order valence-corrected chi connectivity index (χ2v) is 7.45. The Hall–Kier alpha value is -4.66. The Morgan fingerprint density at radius 1 is 0.771 bits per heavy atom. The minimum Gasteiger partial charge on any atom is -0.465 e. The van der Waals surface area contributed by atoms with Crippen molar-refractivity contribution in [2.75, 3.05) is 17.7 Å². The van der Waals surface area contributed by atoms with Crippen LogP contribution in [0.1, 0.15) is 33.2 Å². The van der Waals surface area contributed by atoms with Gasteiger partial charge in [-0.2, -0.15) is 0 Å². The molecule has 9 heteroatoms. The zero-order chi connectivity index (χ0) is 25.2. The van der Waals surface area contributed by atoms with Crippen molar-refractivity contribution >= 4 is 35.3 Å². The predicted molar refractivity (Wildman–Crippen MR) is 130 cm³/mol. The number of anilines is 2. The minimum absolute atomic E-state index is 0.0665. The maximum Gasteiger partial charge on any atom is 0.408 e. The summed E-state index contributed by atoms with van der Waals surface area (Å²) < 4.78 is 9.88. The molecule has 1 atom stereocenters. The van der Waals surface area contributed by atoms with E-state index >= 15 is 0 Å². The third-order valence-corrected chi connectivity index (χ3v) is 4.95. The Labute approximate surface area is 202 Å². The molecule has 0 saturated carbocycles. The van der Waals surface area contributed by atoms with E-state index in [4.69, 9.17) is 9.47 Å². The topological polar surface area (TPSA) is 123 Å². The average molecular weight is 476 g/mol. The van der Waals surface area contributed by atoms with Crippen molar-refractivity contribution < 1.29 is 28.7 Å². The average Bonchev–Trinajstić information content (AvgIpc) is 2.88. The van der Waals surface area contributed by atoms with Crippen LogP contribution >= 0.6 is 0 Å². The van der Waals surface area contributed by atoms with Crippen LogP contribution in [-0.2, 0) is 20.9 Å². The van der Waals surface area contributed by atoms with Crippen LogP contribution in [0, 0.1) is 0 Å². The van der Waals surface area contributed by atoms with Gasteiger partial charge in [0.15, 0.2) is 0 Å². The lowest BCUT2D eigenvalue weighted by Crippen LogP contribution is -2.42. The number of rotatable bonds is 8. The molecule has 3 aromatic rings. The van der Waals surface area contributed by atoms with Gasteiger partial charge in [0.2, 0.25) is 5.91 Å². The van der Waals surface area contributed by atoms with Crippen LogP contribution < -0.4 is 16.0 Å². The Kier molecular flexibility index (Phi) is 8.55. The summed E-state index contributed by atoms with van der Waals surface area (Å²) in [7, 11) is 1.25. The molecule has 3 N–H and O–H groups in total. The standard InChI is InChI=1S/C26H25N3O6/c1-17(27-26(33)35-16-18-10-4-3-5-11-18)23(30)28-21-14-8-6-12-19(21)24(31)29-22-15-9-7-13-20(22)25(32)34-2/h3-15,17H,16H2,1-2H3,(H,27,33)(H,28,30)(H,29,31)/t17-/m0/s1. The highest BCUT2D eigenvalue weighted by atomic mass is 16.5. The van der Waals surface area contributed by atoms with Gasteiger partial charge in [0.25, 0.3) is 5.91 Å². The van der Waals surface area contributed by atoms with Gasteiger partial charge in [-0.05, 0) is 36.8 Å². The Morgan fingerprint density at radius 2 is 1.34 bits per heavy atom. The molecule has 0 aromatic heterocycles. The number of carbonyl (C=O) groups is 4. The second kappa shape index (κ2) is 12.0. The van der Waals surface area contributed by atoms with Crippen LogP contribution in [-0.4, -0.2) is 37.0 Å². The van der Waals surface area contributed by atoms with Gasteiger partial charge >= 0.3 is 12.1 Å². The van der Waals surface area contributed by atoms with Gasteiger partial charge in [0.1, 0.15) is 12.6 Å². The molecule has 3 rings (SSSR count). The molecule has 0 aliphatic carbocycles. The van der Waals surface area contributed by atoms with Crippen LogP contribution in [0.2, 0.25) is 0 Å². The van der Waals surface area contributed by atoms with E-state index in [0.717, 1.165) is 5.56 Å². The van der Waals surface area contributed by atoms with E-state index in [1.807, 2.05) is 30.3 Å². The summed E-state index contributed by atoms with van der Waals surface area (Å²) in [5.74, 6) is -1.68. The van der Waals surface area contributed by atoms with Crippen LogP contribution in [0.4, 0.5) is 16.2 Å². The summed E-state index contributed by atoms with van der Waals surface area (Å²) in [5.41, 5.74) is 1.67. The number of alkyl carbamates (subject to hydrolysis) is 1. The van der Waals surface area contributed by atoms with E-state index in [-0.39, 0.29) is 29.1 Å². The SMILES string of the molecule is COC(=O)c1ccccc1NC(=O)c1ccccc1NC(=O)[C@H](C)NC(=O)OCc1ccccc1. The number of hydrogen-bond donors (Lipinski definition) is 3. The number of ether oxygens (including phenoxy) is 2. The van der Waals surface area contributed by atoms with E-state index in [9.17, 15) is 19.2 Å². The first-order valence-electron chi connectivity index (χ1n) is 10.7. The van der Waals surface area contributed by atoms with Crippen molar-refractivity contribution in [1.82, 2.24) is 5.32 Å². The normalized spacial score (nSPS) is 11.0. The number of hydrogen-bond acceptors (Lipinski definition) is 6. The summed E-state index contributed by atoms with van der Waals surface area (Å²) in [4.78, 5) is 49.6. The fourth-order valence-corrected chi connectivity index (χ4v) is 3.11. The number of carbonyl (C=O) groups excluding carboxylic acids is 4. The van der Waals surface area contributed by atoms with Crippen LogP contribution in [0.15, 0.2) is 78.9 Å². The number of para-hydroxylation sites is 2. The summed E-state index contributed by atoms with van der Waals surface area (Å²) in [6, 6.07) is 21.0. The lowest BCUT2D eigenvalue weighted by molar-refractivity contribution is -0.117. The largest absolute Gasteiger partial charge is 0.465 e. The molecule has 0 saturated heterocycles. The lowest BCUT2D eigenvalue weighted by Gasteiger charge is -2.16. The van der Waals surface area contributed by atoms with Gasteiger partial charge in [-0.25, -0.2) is 9.59 Å².